The summed E-state index contributed by atoms with van der Waals surface area (Å²) in [6, 6.07) is 0. The number of aromatic nitrogens is 1. The smallest absolute Gasteiger partial charge is 0.320 e. The molecule has 0 saturated carbocycles. The van der Waals surface area contributed by atoms with Gasteiger partial charge in [-0.15, -0.1) is 0 Å². The van der Waals surface area contributed by atoms with Crippen molar-refractivity contribution in [1.82, 2.24) is 4.98 Å². The molecule has 82 valence electrons. The molecular formula is C9H11ClN2O3. The van der Waals surface area contributed by atoms with Gasteiger partial charge in [0, 0.05) is 5.69 Å². The Balaban J connectivity index is 3.49. The molecule has 0 amide bonds. The number of H-pyrrole nitrogens is 1. The van der Waals surface area contributed by atoms with Crippen LogP contribution in [0.5, 0.6) is 0 Å². The zero-order valence-corrected chi connectivity index (χ0v) is 9.22. The van der Waals surface area contributed by atoms with Crippen LogP contribution in [0.15, 0.2) is 4.79 Å². The van der Waals surface area contributed by atoms with Crippen molar-refractivity contribution in [2.24, 2.45) is 0 Å². The average molecular weight is 231 g/mol. The summed E-state index contributed by atoms with van der Waals surface area (Å²) in [5, 5.41) is 10.6. The zero-order chi connectivity index (χ0) is 11.6. The van der Waals surface area contributed by atoms with E-state index in [2.05, 4.69) is 4.98 Å². The first-order valence-electron chi connectivity index (χ1n) is 4.54. The molecule has 0 atom stereocenters. The van der Waals surface area contributed by atoms with Crippen LogP contribution in [-0.2, 0) is 6.42 Å². The second-order valence-electron chi connectivity index (χ2n) is 3.23. The number of aromatic amines is 1. The summed E-state index contributed by atoms with van der Waals surface area (Å²) in [5.41, 5.74) is -0.0732. The molecule has 0 unspecified atom stereocenters. The minimum absolute atomic E-state index is 0.0388. The Bertz CT molecular complexity index is 453. The van der Waals surface area contributed by atoms with Crippen LogP contribution < -0.4 is 5.56 Å². The molecule has 0 aliphatic heterocycles. The molecule has 6 heteroatoms. The first-order chi connectivity index (χ1) is 6.99. The molecule has 0 saturated heterocycles. The Kier molecular flexibility index (Phi) is 3.47. The molecule has 1 aromatic heterocycles. The fraction of sp³-hybridized carbons (Fsp3) is 0.444. The van der Waals surface area contributed by atoms with Crippen LogP contribution in [0.1, 0.15) is 24.6 Å². The Morgan fingerprint density at radius 1 is 1.53 bits per heavy atom. The Morgan fingerprint density at radius 2 is 2.13 bits per heavy atom. The highest BCUT2D eigenvalue weighted by molar-refractivity contribution is 6.33. The predicted molar refractivity (Wildman–Crippen MR) is 57.5 cm³/mol. The molecule has 0 bridgehead atoms. The molecule has 0 aliphatic rings. The third-order valence-electron chi connectivity index (χ3n) is 2.12. The standard InChI is InChI=1S/C9H11ClN2O3/c1-3-4-6-5(2)11-9(13)8(7(6)10)12(14)15/h3-4H2,1-2H3,(H,11,13). The maximum atomic E-state index is 11.3. The highest BCUT2D eigenvalue weighted by Gasteiger charge is 2.22. The maximum Gasteiger partial charge on any atom is 0.352 e. The normalized spacial score (nSPS) is 10.3. The Hall–Kier alpha value is -1.36. The molecule has 0 radical (unpaired) electrons. The van der Waals surface area contributed by atoms with Gasteiger partial charge in [-0.25, -0.2) is 0 Å². The molecule has 1 N–H and O–H groups in total. The molecule has 5 nitrogen and oxygen atoms in total. The van der Waals surface area contributed by atoms with Gasteiger partial charge < -0.3 is 4.98 Å². The summed E-state index contributed by atoms with van der Waals surface area (Å²) in [6.45, 7) is 3.62. The molecule has 1 aromatic rings. The number of aryl methyl sites for hydroxylation is 1. The van der Waals surface area contributed by atoms with Gasteiger partial charge in [0.25, 0.3) is 0 Å². The van der Waals surface area contributed by atoms with Crippen molar-refractivity contribution in [2.45, 2.75) is 26.7 Å². The third-order valence-corrected chi connectivity index (χ3v) is 2.53. The van der Waals surface area contributed by atoms with Crippen LogP contribution in [-0.4, -0.2) is 9.91 Å². The topological polar surface area (TPSA) is 76.0 Å². The van der Waals surface area contributed by atoms with Crippen LogP contribution in [0.2, 0.25) is 5.02 Å². The lowest BCUT2D eigenvalue weighted by Crippen LogP contribution is -2.15. The van der Waals surface area contributed by atoms with E-state index in [9.17, 15) is 14.9 Å². The van der Waals surface area contributed by atoms with Gasteiger partial charge in [0.2, 0.25) is 0 Å². The van der Waals surface area contributed by atoms with Crippen molar-refractivity contribution in [3.05, 3.63) is 36.7 Å². The summed E-state index contributed by atoms with van der Waals surface area (Å²) in [5.74, 6) is 0. The number of pyridine rings is 1. The van der Waals surface area contributed by atoms with Gasteiger partial charge in [-0.3, -0.25) is 14.9 Å². The van der Waals surface area contributed by atoms with Crippen LogP contribution in [0.25, 0.3) is 0 Å². The van der Waals surface area contributed by atoms with E-state index in [0.717, 1.165) is 6.42 Å². The van der Waals surface area contributed by atoms with Gasteiger partial charge in [0.15, 0.2) is 0 Å². The van der Waals surface area contributed by atoms with E-state index in [1.807, 2.05) is 6.92 Å². The number of rotatable bonds is 3. The highest BCUT2D eigenvalue weighted by Crippen LogP contribution is 2.26. The molecule has 1 heterocycles. The molecule has 0 aliphatic carbocycles. The van der Waals surface area contributed by atoms with E-state index in [1.165, 1.54) is 0 Å². The van der Waals surface area contributed by atoms with E-state index in [1.54, 1.807) is 6.92 Å². The van der Waals surface area contributed by atoms with E-state index in [0.29, 0.717) is 17.7 Å². The van der Waals surface area contributed by atoms with Gasteiger partial charge in [0.05, 0.1) is 4.92 Å². The first kappa shape index (κ1) is 11.7. The van der Waals surface area contributed by atoms with Gasteiger partial charge in [-0.2, -0.15) is 0 Å². The number of nitrogens with zero attached hydrogens (tertiary/aromatic N) is 1. The maximum absolute atomic E-state index is 11.3. The van der Waals surface area contributed by atoms with Crippen LogP contribution >= 0.6 is 11.6 Å². The van der Waals surface area contributed by atoms with Crippen molar-refractivity contribution in [3.8, 4) is 0 Å². The number of nitro groups is 1. The van der Waals surface area contributed by atoms with Crippen molar-refractivity contribution >= 4 is 17.3 Å². The number of halogens is 1. The summed E-state index contributed by atoms with van der Waals surface area (Å²) in [4.78, 5) is 23.6. The van der Waals surface area contributed by atoms with Crippen molar-refractivity contribution in [2.75, 3.05) is 0 Å². The molecule has 1 rings (SSSR count). The van der Waals surface area contributed by atoms with Crippen LogP contribution in [0.3, 0.4) is 0 Å². The van der Waals surface area contributed by atoms with Gasteiger partial charge in [0.1, 0.15) is 5.02 Å². The Labute approximate surface area is 91.2 Å². The van der Waals surface area contributed by atoms with Gasteiger partial charge in [-0.1, -0.05) is 24.9 Å². The number of nitrogens with one attached hydrogen (secondary N) is 1. The molecule has 0 aromatic carbocycles. The lowest BCUT2D eigenvalue weighted by atomic mass is 10.1. The summed E-state index contributed by atoms with van der Waals surface area (Å²) >= 11 is 5.83. The second-order valence-corrected chi connectivity index (χ2v) is 3.61. The molecule has 0 fully saturated rings. The van der Waals surface area contributed by atoms with E-state index >= 15 is 0 Å². The zero-order valence-electron chi connectivity index (χ0n) is 8.46. The fourth-order valence-electron chi connectivity index (χ4n) is 1.42. The van der Waals surface area contributed by atoms with Gasteiger partial charge in [-0.05, 0) is 18.9 Å². The number of hydrogen-bond donors (Lipinski definition) is 1. The van der Waals surface area contributed by atoms with E-state index < -0.39 is 16.2 Å². The SMILES string of the molecule is CCCc1c(C)[nH]c(=O)c([N+](=O)[O-])c1Cl. The third kappa shape index (κ3) is 2.18. The minimum Gasteiger partial charge on any atom is -0.320 e. The fourth-order valence-corrected chi connectivity index (χ4v) is 1.81. The molecule has 15 heavy (non-hydrogen) atoms. The average Bonchev–Trinajstić information content (AvgIpc) is 2.11. The summed E-state index contributed by atoms with van der Waals surface area (Å²) in [6.07, 6.45) is 1.42. The molecular weight excluding hydrogens is 220 g/mol. The van der Waals surface area contributed by atoms with Crippen molar-refractivity contribution in [1.29, 1.82) is 0 Å². The van der Waals surface area contributed by atoms with E-state index in [4.69, 9.17) is 11.6 Å². The quantitative estimate of drug-likeness (QED) is 0.639. The lowest BCUT2D eigenvalue weighted by molar-refractivity contribution is -0.386. The largest absolute Gasteiger partial charge is 0.352 e. The van der Waals surface area contributed by atoms with Crippen molar-refractivity contribution in [3.63, 3.8) is 0 Å². The van der Waals surface area contributed by atoms with E-state index in [-0.39, 0.29) is 5.02 Å². The monoisotopic (exact) mass is 230 g/mol. The second kappa shape index (κ2) is 4.44. The van der Waals surface area contributed by atoms with Crippen LogP contribution in [0, 0.1) is 17.0 Å². The summed E-state index contributed by atoms with van der Waals surface area (Å²) < 4.78 is 0. The lowest BCUT2D eigenvalue weighted by Gasteiger charge is -2.06. The number of hydrogen-bond acceptors (Lipinski definition) is 3. The summed E-state index contributed by atoms with van der Waals surface area (Å²) in [7, 11) is 0. The molecule has 0 spiro atoms. The van der Waals surface area contributed by atoms with Gasteiger partial charge >= 0.3 is 11.2 Å². The first-order valence-corrected chi connectivity index (χ1v) is 4.92. The van der Waals surface area contributed by atoms with Crippen LogP contribution in [0.4, 0.5) is 5.69 Å². The predicted octanol–water partition coefficient (Wildman–Crippen LogP) is 2.20. The Morgan fingerprint density at radius 3 is 2.60 bits per heavy atom. The highest BCUT2D eigenvalue weighted by atomic mass is 35.5. The minimum atomic E-state index is -0.750. The van der Waals surface area contributed by atoms with Crippen molar-refractivity contribution < 1.29 is 4.92 Å².